The highest BCUT2D eigenvalue weighted by Gasteiger charge is 2.11. The Kier molecular flexibility index (Phi) is 7.07. The lowest BCUT2D eigenvalue weighted by Gasteiger charge is -2.18. The molecule has 4 nitrogen and oxygen atoms in total. The van der Waals surface area contributed by atoms with E-state index in [0.29, 0.717) is 30.1 Å². The fraction of sp³-hybridized carbons (Fsp3) is 0.278. The van der Waals surface area contributed by atoms with Crippen LogP contribution in [-0.4, -0.2) is 24.2 Å². The number of nitrogens with one attached hydrogen (secondary N) is 2. The van der Waals surface area contributed by atoms with Crippen molar-refractivity contribution in [3.05, 3.63) is 65.2 Å². The Balaban J connectivity index is 1.81. The van der Waals surface area contributed by atoms with Gasteiger partial charge >= 0.3 is 0 Å². The fourth-order valence-corrected chi connectivity index (χ4v) is 2.54. The van der Waals surface area contributed by atoms with Gasteiger partial charge in [0.1, 0.15) is 0 Å². The molecule has 23 heavy (non-hydrogen) atoms. The van der Waals surface area contributed by atoms with Crippen LogP contribution < -0.4 is 10.6 Å². The molecule has 122 valence electrons. The van der Waals surface area contributed by atoms with Crippen LogP contribution in [0.25, 0.3) is 0 Å². The highest BCUT2D eigenvalue weighted by atomic mass is 35.5. The van der Waals surface area contributed by atoms with E-state index in [4.69, 9.17) is 11.6 Å². The molecular formula is C18H21ClN2O2. The molecule has 2 aromatic rings. The van der Waals surface area contributed by atoms with Crippen molar-refractivity contribution in [1.29, 1.82) is 0 Å². The van der Waals surface area contributed by atoms with Crippen LogP contribution in [0.4, 0.5) is 5.69 Å². The first-order valence-corrected chi connectivity index (χ1v) is 8.01. The zero-order valence-corrected chi connectivity index (χ0v) is 13.6. The van der Waals surface area contributed by atoms with Crippen LogP contribution >= 0.6 is 11.6 Å². The Morgan fingerprint density at radius 1 is 1.13 bits per heavy atom. The van der Waals surface area contributed by atoms with E-state index in [0.717, 1.165) is 5.56 Å². The summed E-state index contributed by atoms with van der Waals surface area (Å²) in [6.07, 6.45) is 0.960. The van der Waals surface area contributed by atoms with Gasteiger partial charge in [-0.15, -0.1) is 0 Å². The number of aliphatic hydroxyl groups is 1. The van der Waals surface area contributed by atoms with Crippen molar-refractivity contribution in [1.82, 2.24) is 5.32 Å². The first-order valence-electron chi connectivity index (χ1n) is 7.63. The molecular weight excluding hydrogens is 312 g/mol. The quantitative estimate of drug-likeness (QED) is 0.694. The van der Waals surface area contributed by atoms with Crippen LogP contribution in [0.15, 0.2) is 54.6 Å². The van der Waals surface area contributed by atoms with E-state index in [1.54, 1.807) is 24.3 Å². The molecule has 2 aromatic carbocycles. The third kappa shape index (κ3) is 6.02. The average molecular weight is 333 g/mol. The maximum atomic E-state index is 12.0. The number of hydrogen-bond acceptors (Lipinski definition) is 3. The van der Waals surface area contributed by atoms with Gasteiger partial charge in [0, 0.05) is 36.3 Å². The number of carbonyl (C=O) groups excluding carboxylic acids is 1. The summed E-state index contributed by atoms with van der Waals surface area (Å²) in [5.74, 6) is -0.0735. The van der Waals surface area contributed by atoms with Crippen molar-refractivity contribution in [3.8, 4) is 0 Å². The predicted molar refractivity (Wildman–Crippen MR) is 93.6 cm³/mol. The summed E-state index contributed by atoms with van der Waals surface area (Å²) < 4.78 is 0. The van der Waals surface area contributed by atoms with Crippen molar-refractivity contribution in [2.75, 3.05) is 18.5 Å². The molecule has 0 spiro atoms. The lowest BCUT2D eigenvalue weighted by atomic mass is 10.0. The predicted octanol–water partition coefficient (Wildman–Crippen LogP) is 3.38. The largest absolute Gasteiger partial charge is 0.396 e. The minimum Gasteiger partial charge on any atom is -0.396 e. The summed E-state index contributed by atoms with van der Waals surface area (Å²) in [5, 5.41) is 15.9. The Bertz CT molecular complexity index is 619. The number of rotatable bonds is 8. The first-order chi connectivity index (χ1) is 11.2. The van der Waals surface area contributed by atoms with Crippen molar-refractivity contribution in [3.63, 3.8) is 0 Å². The fourth-order valence-electron chi connectivity index (χ4n) is 2.35. The van der Waals surface area contributed by atoms with Crippen LogP contribution in [0.5, 0.6) is 0 Å². The molecule has 0 saturated carbocycles. The average Bonchev–Trinajstić information content (AvgIpc) is 2.55. The highest BCUT2D eigenvalue weighted by Crippen LogP contribution is 2.17. The van der Waals surface area contributed by atoms with E-state index >= 15 is 0 Å². The second kappa shape index (κ2) is 9.30. The highest BCUT2D eigenvalue weighted by molar-refractivity contribution is 6.30. The van der Waals surface area contributed by atoms with Gasteiger partial charge in [0.15, 0.2) is 0 Å². The third-order valence-corrected chi connectivity index (χ3v) is 3.71. The smallest absolute Gasteiger partial charge is 0.225 e. The Hall–Kier alpha value is -1.88. The number of hydrogen-bond donors (Lipinski definition) is 3. The lowest BCUT2D eigenvalue weighted by Crippen LogP contribution is -2.26. The molecule has 0 aliphatic rings. The molecule has 0 aliphatic carbocycles. The number of aliphatic hydroxyl groups excluding tert-OH is 1. The van der Waals surface area contributed by atoms with Gasteiger partial charge in [-0.3, -0.25) is 4.79 Å². The SMILES string of the molecule is O=C(CCNC(CCO)c1ccccc1)Nc1cccc(Cl)c1. The number of anilines is 1. The van der Waals surface area contributed by atoms with Crippen LogP contribution in [0.3, 0.4) is 0 Å². The molecule has 1 amide bonds. The topological polar surface area (TPSA) is 61.4 Å². The molecule has 2 rings (SSSR count). The third-order valence-electron chi connectivity index (χ3n) is 3.47. The maximum Gasteiger partial charge on any atom is 0.225 e. The summed E-state index contributed by atoms with van der Waals surface area (Å²) in [5.41, 5.74) is 1.80. The van der Waals surface area contributed by atoms with Gasteiger partial charge in [0.25, 0.3) is 0 Å². The Morgan fingerprint density at radius 2 is 1.91 bits per heavy atom. The number of benzene rings is 2. The van der Waals surface area contributed by atoms with Crippen LogP contribution in [-0.2, 0) is 4.79 Å². The molecule has 1 unspecified atom stereocenters. The van der Waals surface area contributed by atoms with Gasteiger partial charge in [0.2, 0.25) is 5.91 Å². The Morgan fingerprint density at radius 3 is 2.61 bits per heavy atom. The molecule has 0 bridgehead atoms. The van der Waals surface area contributed by atoms with Gasteiger partial charge in [0.05, 0.1) is 0 Å². The van der Waals surface area contributed by atoms with Gasteiger partial charge in [-0.05, 0) is 30.2 Å². The van der Waals surface area contributed by atoms with Crippen LogP contribution in [0.2, 0.25) is 5.02 Å². The molecule has 0 aromatic heterocycles. The summed E-state index contributed by atoms with van der Waals surface area (Å²) in [6, 6.07) is 17.0. The van der Waals surface area contributed by atoms with Crippen molar-refractivity contribution in [2.24, 2.45) is 0 Å². The summed E-state index contributed by atoms with van der Waals surface area (Å²) in [6.45, 7) is 0.632. The number of halogens is 1. The van der Waals surface area contributed by atoms with E-state index in [-0.39, 0.29) is 18.6 Å². The van der Waals surface area contributed by atoms with Crippen molar-refractivity contribution < 1.29 is 9.90 Å². The first kappa shape index (κ1) is 17.5. The van der Waals surface area contributed by atoms with Crippen LogP contribution in [0, 0.1) is 0 Å². The maximum absolute atomic E-state index is 12.0. The zero-order chi connectivity index (χ0) is 16.5. The van der Waals surface area contributed by atoms with Crippen LogP contribution in [0.1, 0.15) is 24.4 Å². The molecule has 0 saturated heterocycles. The number of carbonyl (C=O) groups is 1. The molecule has 0 fully saturated rings. The van der Waals surface area contributed by atoms with Crippen molar-refractivity contribution >= 4 is 23.2 Å². The monoisotopic (exact) mass is 332 g/mol. The standard InChI is InChI=1S/C18H21ClN2O2/c19-15-7-4-8-16(13-15)21-18(23)9-11-20-17(10-12-22)14-5-2-1-3-6-14/h1-8,13,17,20,22H,9-12H2,(H,21,23). The normalized spacial score (nSPS) is 11.9. The molecule has 5 heteroatoms. The van der Waals surface area contributed by atoms with E-state index in [2.05, 4.69) is 10.6 Å². The van der Waals surface area contributed by atoms with E-state index in [1.807, 2.05) is 30.3 Å². The molecule has 0 aliphatic heterocycles. The molecule has 1 atom stereocenters. The van der Waals surface area contributed by atoms with Gasteiger partial charge in [-0.1, -0.05) is 48.0 Å². The lowest BCUT2D eigenvalue weighted by molar-refractivity contribution is -0.116. The summed E-state index contributed by atoms with van der Waals surface area (Å²) in [7, 11) is 0. The minimum atomic E-state index is -0.0735. The Labute approximate surface area is 141 Å². The summed E-state index contributed by atoms with van der Waals surface area (Å²) >= 11 is 5.89. The molecule has 3 N–H and O–H groups in total. The van der Waals surface area contributed by atoms with E-state index < -0.39 is 0 Å². The second-order valence-electron chi connectivity index (χ2n) is 5.24. The second-order valence-corrected chi connectivity index (χ2v) is 5.67. The van der Waals surface area contributed by atoms with Gasteiger partial charge in [-0.2, -0.15) is 0 Å². The van der Waals surface area contributed by atoms with Gasteiger partial charge < -0.3 is 15.7 Å². The molecule has 0 radical (unpaired) electrons. The van der Waals surface area contributed by atoms with E-state index in [1.165, 1.54) is 0 Å². The molecule has 0 heterocycles. The van der Waals surface area contributed by atoms with Gasteiger partial charge in [-0.25, -0.2) is 0 Å². The van der Waals surface area contributed by atoms with E-state index in [9.17, 15) is 9.90 Å². The number of amides is 1. The minimum absolute atomic E-state index is 0.0418. The summed E-state index contributed by atoms with van der Waals surface area (Å²) in [4.78, 5) is 12.0. The van der Waals surface area contributed by atoms with Crippen molar-refractivity contribution in [2.45, 2.75) is 18.9 Å². The zero-order valence-electron chi connectivity index (χ0n) is 12.8.